The van der Waals surface area contributed by atoms with Crippen molar-refractivity contribution in [2.24, 2.45) is 5.92 Å². The van der Waals surface area contributed by atoms with Gasteiger partial charge >= 0.3 is 0 Å². The second-order valence-electron chi connectivity index (χ2n) is 4.23. The van der Waals surface area contributed by atoms with Crippen LogP contribution in [0, 0.1) is 5.92 Å². The minimum atomic E-state index is -0.0655. The van der Waals surface area contributed by atoms with Gasteiger partial charge in [0.05, 0.1) is 13.5 Å². The van der Waals surface area contributed by atoms with Gasteiger partial charge in [-0.2, -0.15) is 0 Å². The van der Waals surface area contributed by atoms with Crippen LogP contribution in [0.4, 0.5) is 0 Å². The summed E-state index contributed by atoms with van der Waals surface area (Å²) in [6.45, 7) is 2.43. The fourth-order valence-corrected chi connectivity index (χ4v) is 1.79. The summed E-state index contributed by atoms with van der Waals surface area (Å²) in [6.07, 6.45) is 0.288. The molecule has 1 atom stereocenters. The third-order valence-corrected chi connectivity index (χ3v) is 3.34. The first kappa shape index (κ1) is 15.0. The molecule has 0 radical (unpaired) electrons. The first-order valence-corrected chi connectivity index (χ1v) is 6.56. The highest BCUT2D eigenvalue weighted by molar-refractivity contribution is 9.10. The van der Waals surface area contributed by atoms with Crippen molar-refractivity contribution < 1.29 is 14.6 Å². The minimum absolute atomic E-state index is 0.0655. The van der Waals surface area contributed by atoms with Gasteiger partial charge in [0.1, 0.15) is 5.75 Å². The number of ether oxygens (including phenoxy) is 1. The Hall–Kier alpha value is -1.07. The van der Waals surface area contributed by atoms with Gasteiger partial charge in [-0.05, 0) is 29.7 Å². The average molecular weight is 316 g/mol. The highest BCUT2D eigenvalue weighted by Gasteiger charge is 2.09. The van der Waals surface area contributed by atoms with Crippen molar-refractivity contribution in [1.82, 2.24) is 5.32 Å². The second kappa shape index (κ2) is 7.38. The van der Waals surface area contributed by atoms with Crippen LogP contribution in [-0.2, 0) is 11.2 Å². The topological polar surface area (TPSA) is 58.6 Å². The highest BCUT2D eigenvalue weighted by Crippen LogP contribution is 2.22. The summed E-state index contributed by atoms with van der Waals surface area (Å²) in [6, 6.07) is 5.52. The van der Waals surface area contributed by atoms with Gasteiger partial charge in [-0.15, -0.1) is 0 Å². The van der Waals surface area contributed by atoms with Crippen molar-refractivity contribution in [2.45, 2.75) is 13.3 Å². The summed E-state index contributed by atoms with van der Waals surface area (Å²) in [5.74, 6) is 0.733. The predicted molar refractivity (Wildman–Crippen MR) is 73.7 cm³/mol. The number of aliphatic hydroxyl groups excluding tert-OH is 1. The van der Waals surface area contributed by atoms with Gasteiger partial charge in [0.25, 0.3) is 0 Å². The molecular formula is C13H18BrNO3. The molecule has 100 valence electrons. The lowest BCUT2D eigenvalue weighted by molar-refractivity contribution is -0.120. The average Bonchev–Trinajstić information content (AvgIpc) is 2.38. The molecule has 1 unspecified atom stereocenters. The summed E-state index contributed by atoms with van der Waals surface area (Å²) < 4.78 is 6.00. The Labute approximate surface area is 115 Å². The number of benzene rings is 1. The SMILES string of the molecule is COc1ccc(Br)c(CC(=O)NCC(C)CO)c1. The molecule has 0 aromatic heterocycles. The van der Waals surface area contributed by atoms with Crippen LogP contribution in [0.15, 0.2) is 22.7 Å². The van der Waals surface area contributed by atoms with Gasteiger partial charge in [-0.3, -0.25) is 4.79 Å². The minimum Gasteiger partial charge on any atom is -0.497 e. The Morgan fingerprint density at radius 1 is 1.56 bits per heavy atom. The van der Waals surface area contributed by atoms with E-state index >= 15 is 0 Å². The van der Waals surface area contributed by atoms with Crippen LogP contribution >= 0.6 is 15.9 Å². The number of amides is 1. The zero-order valence-electron chi connectivity index (χ0n) is 10.6. The van der Waals surface area contributed by atoms with Crippen LogP contribution in [0.3, 0.4) is 0 Å². The molecule has 0 aliphatic rings. The molecule has 4 nitrogen and oxygen atoms in total. The Balaban J connectivity index is 2.58. The molecule has 18 heavy (non-hydrogen) atoms. The van der Waals surface area contributed by atoms with Crippen LogP contribution in [0.5, 0.6) is 5.75 Å². The molecule has 1 aromatic carbocycles. The number of hydrogen-bond donors (Lipinski definition) is 2. The lowest BCUT2D eigenvalue weighted by atomic mass is 10.1. The molecule has 1 rings (SSSR count). The quantitative estimate of drug-likeness (QED) is 0.840. The third kappa shape index (κ3) is 4.66. The van der Waals surface area contributed by atoms with Crippen LogP contribution in [-0.4, -0.2) is 31.3 Å². The number of carbonyl (C=O) groups excluding carboxylic acids is 1. The summed E-state index contributed by atoms with van der Waals surface area (Å²) >= 11 is 3.41. The smallest absolute Gasteiger partial charge is 0.224 e. The third-order valence-electron chi connectivity index (χ3n) is 2.56. The molecule has 0 heterocycles. The van der Waals surface area contributed by atoms with E-state index in [-0.39, 0.29) is 24.9 Å². The van der Waals surface area contributed by atoms with Gasteiger partial charge in [0.2, 0.25) is 5.91 Å². The molecule has 2 N–H and O–H groups in total. The molecule has 1 amide bonds. The predicted octanol–water partition coefficient (Wildman–Crippen LogP) is 1.74. The number of methoxy groups -OCH3 is 1. The molecule has 0 bridgehead atoms. The summed E-state index contributed by atoms with van der Waals surface area (Å²) in [5.41, 5.74) is 0.878. The van der Waals surface area contributed by atoms with E-state index in [9.17, 15) is 4.79 Å². The zero-order valence-corrected chi connectivity index (χ0v) is 12.2. The van der Waals surface area contributed by atoms with Crippen LogP contribution in [0.2, 0.25) is 0 Å². The lowest BCUT2D eigenvalue weighted by Crippen LogP contribution is -2.30. The van der Waals surface area contributed by atoms with Crippen LogP contribution in [0.25, 0.3) is 0 Å². The molecule has 5 heteroatoms. The molecule has 0 saturated carbocycles. The van der Waals surface area contributed by atoms with Crippen molar-refractivity contribution in [3.63, 3.8) is 0 Å². The van der Waals surface area contributed by atoms with Gasteiger partial charge in [0.15, 0.2) is 0 Å². The number of aliphatic hydroxyl groups is 1. The van der Waals surface area contributed by atoms with Crippen molar-refractivity contribution in [1.29, 1.82) is 0 Å². The maximum Gasteiger partial charge on any atom is 0.224 e. The summed E-state index contributed by atoms with van der Waals surface area (Å²) in [4.78, 5) is 11.7. The summed E-state index contributed by atoms with van der Waals surface area (Å²) in [5, 5.41) is 11.7. The fraction of sp³-hybridized carbons (Fsp3) is 0.462. The fourth-order valence-electron chi connectivity index (χ4n) is 1.40. The van der Waals surface area contributed by atoms with E-state index in [1.807, 2.05) is 25.1 Å². The number of halogens is 1. The maximum atomic E-state index is 11.7. The molecule has 0 aliphatic carbocycles. The molecule has 0 aliphatic heterocycles. The largest absolute Gasteiger partial charge is 0.497 e. The van der Waals surface area contributed by atoms with E-state index in [1.54, 1.807) is 7.11 Å². The molecular weight excluding hydrogens is 298 g/mol. The Morgan fingerprint density at radius 2 is 2.28 bits per heavy atom. The molecule has 0 spiro atoms. The van der Waals surface area contributed by atoms with E-state index in [4.69, 9.17) is 9.84 Å². The van der Waals surface area contributed by atoms with Crippen LogP contribution < -0.4 is 10.1 Å². The molecule has 0 saturated heterocycles. The van der Waals surface area contributed by atoms with E-state index in [2.05, 4.69) is 21.2 Å². The summed E-state index contributed by atoms with van der Waals surface area (Å²) in [7, 11) is 1.59. The van der Waals surface area contributed by atoms with Crippen molar-refractivity contribution >= 4 is 21.8 Å². The molecule has 0 fully saturated rings. The highest BCUT2D eigenvalue weighted by atomic mass is 79.9. The second-order valence-corrected chi connectivity index (χ2v) is 5.08. The number of hydrogen-bond acceptors (Lipinski definition) is 3. The Bertz CT molecular complexity index is 409. The maximum absolute atomic E-state index is 11.7. The first-order chi connectivity index (χ1) is 8.56. The van der Waals surface area contributed by atoms with E-state index in [1.165, 1.54) is 0 Å². The zero-order chi connectivity index (χ0) is 13.5. The van der Waals surface area contributed by atoms with E-state index in [0.717, 1.165) is 15.8 Å². The molecule has 1 aromatic rings. The number of carbonyl (C=O) groups is 1. The number of nitrogens with one attached hydrogen (secondary N) is 1. The van der Waals surface area contributed by atoms with E-state index < -0.39 is 0 Å². The van der Waals surface area contributed by atoms with E-state index in [0.29, 0.717) is 6.54 Å². The Morgan fingerprint density at radius 3 is 2.89 bits per heavy atom. The normalized spacial score (nSPS) is 12.0. The standard InChI is InChI=1S/C13H18BrNO3/c1-9(8-16)7-15-13(17)6-10-5-11(18-2)3-4-12(10)14/h3-5,9,16H,6-8H2,1-2H3,(H,15,17). The first-order valence-electron chi connectivity index (χ1n) is 5.76. The monoisotopic (exact) mass is 315 g/mol. The number of rotatable bonds is 6. The van der Waals surface area contributed by atoms with Crippen molar-refractivity contribution in [2.75, 3.05) is 20.3 Å². The van der Waals surface area contributed by atoms with Gasteiger partial charge < -0.3 is 15.2 Å². The Kier molecular flexibility index (Phi) is 6.15. The van der Waals surface area contributed by atoms with Gasteiger partial charge in [0, 0.05) is 17.6 Å². The van der Waals surface area contributed by atoms with Gasteiger partial charge in [-0.1, -0.05) is 22.9 Å². The van der Waals surface area contributed by atoms with Crippen LogP contribution in [0.1, 0.15) is 12.5 Å². The lowest BCUT2D eigenvalue weighted by Gasteiger charge is -2.11. The van der Waals surface area contributed by atoms with Gasteiger partial charge in [-0.25, -0.2) is 0 Å². The van der Waals surface area contributed by atoms with Crippen molar-refractivity contribution in [3.8, 4) is 5.75 Å². The van der Waals surface area contributed by atoms with Crippen molar-refractivity contribution in [3.05, 3.63) is 28.2 Å².